The Kier molecular flexibility index (Phi) is 6.60. The van der Waals surface area contributed by atoms with Gasteiger partial charge in [0, 0.05) is 29.4 Å². The van der Waals surface area contributed by atoms with E-state index in [1.165, 1.54) is 9.80 Å². The number of sulfone groups is 1. The van der Waals surface area contributed by atoms with Crippen LogP contribution >= 0.6 is 0 Å². The van der Waals surface area contributed by atoms with Crippen molar-refractivity contribution in [3.63, 3.8) is 0 Å². The number of fused-ring (bicyclic) bond motifs is 1. The fourth-order valence-corrected chi connectivity index (χ4v) is 5.49. The zero-order chi connectivity index (χ0) is 21.9. The molecule has 2 heterocycles. The maximum atomic E-state index is 12.7. The summed E-state index contributed by atoms with van der Waals surface area (Å²) in [5.74, 6) is -1.47. The van der Waals surface area contributed by atoms with E-state index in [0.29, 0.717) is 29.8 Å². The molecule has 2 amide bonds. The van der Waals surface area contributed by atoms with Crippen molar-refractivity contribution in [3.8, 4) is 0 Å². The monoisotopic (exact) mass is 434 g/mol. The summed E-state index contributed by atoms with van der Waals surface area (Å²) < 4.78 is 28.7. The van der Waals surface area contributed by atoms with Gasteiger partial charge in [0.15, 0.2) is 16.4 Å². The molecule has 0 N–H and O–H groups in total. The molecule has 0 radical (unpaired) electrons. The molecule has 1 fully saturated rings. The third-order valence-corrected chi connectivity index (χ3v) is 7.16. The summed E-state index contributed by atoms with van der Waals surface area (Å²) in [6, 6.07) is 6.55. The molecule has 8 nitrogen and oxygen atoms in total. The number of unbranched alkanes of at least 4 members (excludes halogenated alkanes) is 1. The highest BCUT2D eigenvalue weighted by Gasteiger charge is 2.35. The summed E-state index contributed by atoms with van der Waals surface area (Å²) >= 11 is 0. The van der Waals surface area contributed by atoms with Crippen molar-refractivity contribution >= 4 is 33.3 Å². The van der Waals surface area contributed by atoms with Crippen LogP contribution in [0.3, 0.4) is 0 Å². The summed E-state index contributed by atoms with van der Waals surface area (Å²) in [6.07, 6.45) is 1.98. The second-order valence-corrected chi connectivity index (χ2v) is 9.77. The average molecular weight is 435 g/mol. The van der Waals surface area contributed by atoms with E-state index in [4.69, 9.17) is 4.74 Å². The first kappa shape index (κ1) is 22.0. The maximum Gasteiger partial charge on any atom is 0.326 e. The molecule has 2 aliphatic rings. The fraction of sp³-hybridized carbons (Fsp3) is 0.476. The largest absolute Gasteiger partial charge is 0.454 e. The van der Waals surface area contributed by atoms with Gasteiger partial charge in [0.25, 0.3) is 11.8 Å². The topological polar surface area (TPSA) is 101 Å². The van der Waals surface area contributed by atoms with Gasteiger partial charge in [0.05, 0.1) is 11.5 Å². The minimum absolute atomic E-state index is 0.0588. The van der Waals surface area contributed by atoms with Gasteiger partial charge < -0.3 is 9.64 Å². The van der Waals surface area contributed by atoms with Crippen molar-refractivity contribution in [1.29, 1.82) is 0 Å². The molecule has 3 rings (SSSR count). The van der Waals surface area contributed by atoms with Crippen molar-refractivity contribution in [2.75, 3.05) is 31.2 Å². The van der Waals surface area contributed by atoms with Crippen molar-refractivity contribution < 1.29 is 27.5 Å². The normalized spacial score (nSPS) is 19.6. The molecule has 1 unspecified atom stereocenters. The van der Waals surface area contributed by atoms with E-state index in [9.17, 15) is 22.8 Å². The smallest absolute Gasteiger partial charge is 0.326 e. The third kappa shape index (κ3) is 4.72. The van der Waals surface area contributed by atoms with Crippen molar-refractivity contribution in [2.45, 2.75) is 32.2 Å². The number of hydrogen-bond acceptors (Lipinski definition) is 6. The highest BCUT2D eigenvalue weighted by atomic mass is 32.2. The molecule has 162 valence electrons. The fourth-order valence-electron chi connectivity index (χ4n) is 3.76. The number of nitrogens with zero attached hydrogens (tertiary/aromatic N) is 2. The molecule has 1 saturated heterocycles. The molecule has 2 aliphatic heterocycles. The first-order valence-electron chi connectivity index (χ1n) is 9.99. The molecule has 0 aliphatic carbocycles. The third-order valence-electron chi connectivity index (χ3n) is 5.41. The zero-order valence-corrected chi connectivity index (χ0v) is 17.8. The number of benzene rings is 1. The van der Waals surface area contributed by atoms with E-state index < -0.39 is 28.3 Å². The van der Waals surface area contributed by atoms with Crippen LogP contribution in [0.15, 0.2) is 30.8 Å². The van der Waals surface area contributed by atoms with E-state index in [1.807, 2.05) is 6.92 Å². The molecular weight excluding hydrogens is 408 g/mol. The molecule has 0 spiro atoms. The number of amides is 2. The van der Waals surface area contributed by atoms with Crippen LogP contribution in [0.5, 0.6) is 0 Å². The number of rotatable bonds is 8. The van der Waals surface area contributed by atoms with Gasteiger partial charge in [-0.2, -0.15) is 0 Å². The minimum atomic E-state index is -3.14. The second-order valence-electron chi connectivity index (χ2n) is 7.54. The summed E-state index contributed by atoms with van der Waals surface area (Å²) in [7, 11) is -3.14. The minimum Gasteiger partial charge on any atom is -0.454 e. The van der Waals surface area contributed by atoms with Gasteiger partial charge in [-0.05, 0) is 18.9 Å². The Labute approximate surface area is 176 Å². The van der Waals surface area contributed by atoms with E-state index in [1.54, 1.807) is 24.3 Å². The lowest BCUT2D eigenvalue weighted by molar-refractivity contribution is -0.152. The van der Waals surface area contributed by atoms with Gasteiger partial charge in [-0.15, -0.1) is 0 Å². The van der Waals surface area contributed by atoms with Crippen LogP contribution in [0.2, 0.25) is 0 Å². The molecular formula is C21H26N2O6S. The van der Waals surface area contributed by atoms with E-state index in [-0.39, 0.29) is 30.0 Å². The first-order valence-corrected chi connectivity index (χ1v) is 11.8. The number of carbonyl (C=O) groups excluding carboxylic acids is 3. The summed E-state index contributed by atoms with van der Waals surface area (Å²) in [4.78, 5) is 40.1. The Morgan fingerprint density at radius 2 is 1.97 bits per heavy atom. The van der Waals surface area contributed by atoms with E-state index >= 15 is 0 Å². The number of esters is 1. The summed E-state index contributed by atoms with van der Waals surface area (Å²) in [6.45, 7) is 5.44. The predicted molar refractivity (Wildman–Crippen MR) is 111 cm³/mol. The SMILES string of the molecule is C=C1c2ccccc2C(=O)N1CC(=O)OCC(=O)N(CCCC)C1CCS(=O)(=O)C1. The van der Waals surface area contributed by atoms with Crippen molar-refractivity contribution in [1.82, 2.24) is 9.80 Å². The summed E-state index contributed by atoms with van der Waals surface area (Å²) in [5.41, 5.74) is 1.55. The van der Waals surface area contributed by atoms with Crippen LogP contribution in [-0.2, 0) is 24.2 Å². The van der Waals surface area contributed by atoms with Crippen LogP contribution in [0.1, 0.15) is 42.1 Å². The van der Waals surface area contributed by atoms with Crippen LogP contribution in [0, 0.1) is 0 Å². The molecule has 1 aromatic rings. The molecule has 1 atom stereocenters. The Hall–Kier alpha value is -2.68. The molecule has 0 bridgehead atoms. The van der Waals surface area contributed by atoms with Crippen molar-refractivity contribution in [2.24, 2.45) is 0 Å². The molecule has 30 heavy (non-hydrogen) atoms. The quantitative estimate of drug-likeness (QED) is 0.575. The van der Waals surface area contributed by atoms with Gasteiger partial charge in [-0.1, -0.05) is 38.1 Å². The van der Waals surface area contributed by atoms with Crippen LogP contribution in [-0.4, -0.2) is 73.2 Å². The first-order chi connectivity index (χ1) is 14.2. The predicted octanol–water partition coefficient (Wildman–Crippen LogP) is 1.47. The number of ether oxygens (including phenoxy) is 1. The average Bonchev–Trinajstić information content (AvgIpc) is 3.19. The number of hydrogen-bond donors (Lipinski definition) is 0. The number of carbonyl (C=O) groups is 3. The second kappa shape index (κ2) is 8.99. The Morgan fingerprint density at radius 1 is 1.27 bits per heavy atom. The molecule has 0 saturated carbocycles. The lowest BCUT2D eigenvalue weighted by atomic mass is 10.1. The molecule has 1 aromatic carbocycles. The Morgan fingerprint density at radius 3 is 2.57 bits per heavy atom. The van der Waals surface area contributed by atoms with Crippen LogP contribution < -0.4 is 0 Å². The van der Waals surface area contributed by atoms with Gasteiger partial charge in [-0.3, -0.25) is 19.3 Å². The Balaban J connectivity index is 1.57. The highest BCUT2D eigenvalue weighted by molar-refractivity contribution is 7.91. The van der Waals surface area contributed by atoms with Gasteiger partial charge >= 0.3 is 5.97 Å². The highest BCUT2D eigenvalue weighted by Crippen LogP contribution is 2.30. The van der Waals surface area contributed by atoms with E-state index in [0.717, 1.165) is 12.8 Å². The van der Waals surface area contributed by atoms with Gasteiger partial charge in [-0.25, -0.2) is 8.42 Å². The van der Waals surface area contributed by atoms with Gasteiger partial charge in [0.1, 0.15) is 6.54 Å². The lowest BCUT2D eigenvalue weighted by Gasteiger charge is -2.28. The molecule has 9 heteroatoms. The Bertz CT molecular complexity index is 936. The standard InChI is InChI=1S/C21H26N2O6S/c1-3-4-10-22(16-9-11-30(27,28)14-16)19(24)13-29-20(25)12-23-15(2)17-7-5-6-8-18(17)21(23)26/h5-8,16H,2-4,9-14H2,1H3. The summed E-state index contributed by atoms with van der Waals surface area (Å²) in [5, 5.41) is 0. The van der Waals surface area contributed by atoms with E-state index in [2.05, 4.69) is 6.58 Å². The maximum absolute atomic E-state index is 12.7. The van der Waals surface area contributed by atoms with Crippen LogP contribution in [0.4, 0.5) is 0 Å². The van der Waals surface area contributed by atoms with Gasteiger partial charge in [0.2, 0.25) is 0 Å². The van der Waals surface area contributed by atoms with Crippen LogP contribution in [0.25, 0.3) is 5.70 Å². The lowest BCUT2D eigenvalue weighted by Crippen LogP contribution is -2.44. The zero-order valence-electron chi connectivity index (χ0n) is 17.0. The molecule has 0 aromatic heterocycles. The van der Waals surface area contributed by atoms with Crippen molar-refractivity contribution in [3.05, 3.63) is 42.0 Å².